The van der Waals surface area contributed by atoms with E-state index >= 15 is 0 Å². The number of thioether (sulfide) groups is 1. The summed E-state index contributed by atoms with van der Waals surface area (Å²) in [7, 11) is 1.53. The highest BCUT2D eigenvalue weighted by molar-refractivity contribution is 8.00. The van der Waals surface area contributed by atoms with Gasteiger partial charge < -0.3 is 15.0 Å². The van der Waals surface area contributed by atoms with Crippen LogP contribution in [-0.2, 0) is 4.79 Å². The number of amides is 1. The van der Waals surface area contributed by atoms with Crippen molar-refractivity contribution in [1.82, 2.24) is 9.97 Å². The first-order chi connectivity index (χ1) is 13.0. The van der Waals surface area contributed by atoms with Crippen molar-refractivity contribution >= 4 is 45.9 Å². The number of anilines is 1. The van der Waals surface area contributed by atoms with Crippen molar-refractivity contribution in [2.24, 2.45) is 0 Å². The monoisotopic (exact) mass is 403 g/mol. The van der Waals surface area contributed by atoms with Gasteiger partial charge in [-0.3, -0.25) is 9.59 Å². The number of fused-ring (bicyclic) bond motifs is 1. The molecule has 1 heterocycles. The van der Waals surface area contributed by atoms with E-state index in [9.17, 15) is 9.59 Å². The highest BCUT2D eigenvalue weighted by Crippen LogP contribution is 2.28. The number of hydrogen-bond acceptors (Lipinski definition) is 5. The van der Waals surface area contributed by atoms with Crippen molar-refractivity contribution in [3.63, 3.8) is 0 Å². The number of rotatable bonds is 6. The van der Waals surface area contributed by atoms with E-state index in [-0.39, 0.29) is 11.5 Å². The van der Waals surface area contributed by atoms with E-state index in [1.165, 1.54) is 18.9 Å². The molecule has 0 aliphatic carbocycles. The highest BCUT2D eigenvalue weighted by atomic mass is 35.5. The Kier molecular flexibility index (Phi) is 6.03. The second-order valence-electron chi connectivity index (χ2n) is 5.74. The molecule has 0 radical (unpaired) electrons. The molecule has 0 saturated carbocycles. The number of ether oxygens (including phenoxy) is 1. The second kappa shape index (κ2) is 8.45. The van der Waals surface area contributed by atoms with Crippen LogP contribution in [0, 0.1) is 0 Å². The molecule has 0 saturated heterocycles. The molecule has 27 heavy (non-hydrogen) atoms. The van der Waals surface area contributed by atoms with Crippen LogP contribution < -0.4 is 15.6 Å². The van der Waals surface area contributed by atoms with Gasteiger partial charge in [-0.15, -0.1) is 0 Å². The van der Waals surface area contributed by atoms with Crippen LogP contribution in [0.2, 0.25) is 5.02 Å². The lowest BCUT2D eigenvalue weighted by atomic mass is 10.2. The Morgan fingerprint density at radius 1 is 1.33 bits per heavy atom. The van der Waals surface area contributed by atoms with E-state index in [4.69, 9.17) is 16.3 Å². The number of hydrogen-bond donors (Lipinski definition) is 2. The Balaban J connectivity index is 1.78. The number of benzene rings is 2. The lowest BCUT2D eigenvalue weighted by molar-refractivity contribution is -0.115. The number of para-hydroxylation sites is 1. The summed E-state index contributed by atoms with van der Waals surface area (Å²) in [5.74, 6) is 0.341. The summed E-state index contributed by atoms with van der Waals surface area (Å²) in [5.41, 5.74) is 0.950. The van der Waals surface area contributed by atoms with Crippen LogP contribution in [0.5, 0.6) is 5.75 Å². The maximum atomic E-state index is 12.6. The van der Waals surface area contributed by atoms with E-state index in [0.29, 0.717) is 38.9 Å². The van der Waals surface area contributed by atoms with E-state index in [1.54, 1.807) is 36.4 Å². The lowest BCUT2D eigenvalue weighted by Gasteiger charge is -2.15. The van der Waals surface area contributed by atoms with E-state index in [2.05, 4.69) is 15.3 Å². The summed E-state index contributed by atoms with van der Waals surface area (Å²) in [6, 6.07) is 12.1. The third-order valence-corrected chi connectivity index (χ3v) is 5.47. The maximum absolute atomic E-state index is 12.6. The molecule has 3 rings (SSSR count). The molecule has 1 atom stereocenters. The number of halogens is 1. The number of methoxy groups -OCH3 is 1. The number of aromatic amines is 1. The van der Waals surface area contributed by atoms with Gasteiger partial charge in [0.05, 0.1) is 28.3 Å². The molecular formula is C19H18ClN3O3S. The molecule has 0 aliphatic heterocycles. The Bertz CT molecular complexity index is 1040. The van der Waals surface area contributed by atoms with Crippen LogP contribution >= 0.6 is 23.4 Å². The van der Waals surface area contributed by atoms with Crippen molar-refractivity contribution in [2.75, 3.05) is 12.4 Å². The number of carbonyl (C=O) groups is 1. The fourth-order valence-corrected chi connectivity index (χ4v) is 3.71. The predicted molar refractivity (Wildman–Crippen MR) is 109 cm³/mol. The van der Waals surface area contributed by atoms with Crippen LogP contribution in [0.3, 0.4) is 0 Å². The van der Waals surface area contributed by atoms with Gasteiger partial charge in [-0.05, 0) is 36.8 Å². The molecule has 1 amide bonds. The molecule has 3 aromatic rings. The molecule has 1 unspecified atom stereocenters. The first kappa shape index (κ1) is 19.3. The fourth-order valence-electron chi connectivity index (χ4n) is 2.54. The largest absolute Gasteiger partial charge is 0.495 e. The minimum absolute atomic E-state index is 0.195. The van der Waals surface area contributed by atoms with Gasteiger partial charge in [-0.2, -0.15) is 0 Å². The number of H-pyrrole nitrogens is 1. The minimum atomic E-state index is -0.421. The standard InChI is InChI=1S/C19H18ClN3O3S/c1-3-16(18(25)21-11-8-9-15(26-2)13(20)10-11)27-19-22-14-7-5-4-6-12(14)17(24)23-19/h4-10,16H,3H2,1-2H3,(H,21,25)(H,22,23,24). The Morgan fingerprint density at radius 2 is 2.11 bits per heavy atom. The molecule has 1 aromatic heterocycles. The SMILES string of the molecule is CCC(Sc1nc2ccccc2c(=O)[nH]1)C(=O)Nc1ccc(OC)c(Cl)c1. The maximum Gasteiger partial charge on any atom is 0.259 e. The van der Waals surface area contributed by atoms with Crippen molar-refractivity contribution in [2.45, 2.75) is 23.8 Å². The fraction of sp³-hybridized carbons (Fsp3) is 0.211. The van der Waals surface area contributed by atoms with Gasteiger partial charge >= 0.3 is 0 Å². The normalized spacial score (nSPS) is 12.0. The van der Waals surface area contributed by atoms with Gasteiger partial charge in [0.1, 0.15) is 5.75 Å². The number of aromatic nitrogens is 2. The summed E-state index contributed by atoms with van der Waals surface area (Å²) >= 11 is 7.32. The first-order valence-corrected chi connectivity index (χ1v) is 9.57. The van der Waals surface area contributed by atoms with Crippen molar-refractivity contribution < 1.29 is 9.53 Å². The third-order valence-electron chi connectivity index (χ3n) is 3.93. The smallest absolute Gasteiger partial charge is 0.259 e. The molecule has 8 heteroatoms. The summed E-state index contributed by atoms with van der Waals surface area (Å²) in [5, 5.41) is 3.76. The van der Waals surface area contributed by atoms with Gasteiger partial charge in [-0.1, -0.05) is 42.4 Å². The van der Waals surface area contributed by atoms with Gasteiger partial charge in [0.25, 0.3) is 5.56 Å². The van der Waals surface area contributed by atoms with E-state index < -0.39 is 5.25 Å². The van der Waals surface area contributed by atoms with E-state index in [0.717, 1.165) is 0 Å². The van der Waals surface area contributed by atoms with Gasteiger partial charge in [0.2, 0.25) is 5.91 Å². The van der Waals surface area contributed by atoms with Crippen LogP contribution in [-0.4, -0.2) is 28.2 Å². The average molecular weight is 404 g/mol. The second-order valence-corrected chi connectivity index (χ2v) is 7.34. The van der Waals surface area contributed by atoms with Crippen LogP contribution in [0.25, 0.3) is 10.9 Å². The summed E-state index contributed by atoms with van der Waals surface area (Å²) in [4.78, 5) is 32.0. The van der Waals surface area contributed by atoms with Crippen LogP contribution in [0.1, 0.15) is 13.3 Å². The number of nitrogens with zero attached hydrogens (tertiary/aromatic N) is 1. The van der Waals surface area contributed by atoms with Crippen LogP contribution in [0.4, 0.5) is 5.69 Å². The zero-order chi connectivity index (χ0) is 19.4. The molecule has 0 aliphatic rings. The molecule has 2 aromatic carbocycles. The molecular weight excluding hydrogens is 386 g/mol. The Hall–Kier alpha value is -2.51. The van der Waals surface area contributed by atoms with Gasteiger partial charge in [0.15, 0.2) is 5.16 Å². The zero-order valence-corrected chi connectivity index (χ0v) is 16.4. The molecule has 140 valence electrons. The summed E-state index contributed by atoms with van der Waals surface area (Å²) < 4.78 is 5.11. The van der Waals surface area contributed by atoms with Gasteiger partial charge in [0, 0.05) is 5.69 Å². The molecule has 6 nitrogen and oxygen atoms in total. The minimum Gasteiger partial charge on any atom is -0.495 e. The highest BCUT2D eigenvalue weighted by Gasteiger charge is 2.20. The van der Waals surface area contributed by atoms with Crippen molar-refractivity contribution in [1.29, 1.82) is 0 Å². The predicted octanol–water partition coefficient (Wildman–Crippen LogP) is 4.09. The first-order valence-electron chi connectivity index (χ1n) is 8.32. The molecule has 0 spiro atoms. The van der Waals surface area contributed by atoms with Crippen LogP contribution in [0.15, 0.2) is 52.4 Å². The molecule has 0 bridgehead atoms. The topological polar surface area (TPSA) is 84.1 Å². The van der Waals surface area contributed by atoms with Gasteiger partial charge in [-0.25, -0.2) is 4.98 Å². The zero-order valence-electron chi connectivity index (χ0n) is 14.8. The summed E-state index contributed by atoms with van der Waals surface area (Å²) in [6.45, 7) is 1.90. The lowest BCUT2D eigenvalue weighted by Crippen LogP contribution is -2.25. The summed E-state index contributed by atoms with van der Waals surface area (Å²) in [6.07, 6.45) is 0.566. The number of carbonyl (C=O) groups excluding carboxylic acids is 1. The Labute approximate surface area is 165 Å². The Morgan fingerprint density at radius 3 is 2.81 bits per heavy atom. The van der Waals surface area contributed by atoms with E-state index in [1.807, 2.05) is 13.0 Å². The average Bonchev–Trinajstić information content (AvgIpc) is 2.66. The third kappa shape index (κ3) is 4.43. The van der Waals surface area contributed by atoms with Crippen molar-refractivity contribution in [3.05, 3.63) is 57.8 Å². The number of nitrogens with one attached hydrogen (secondary N) is 2. The van der Waals surface area contributed by atoms with Crippen molar-refractivity contribution in [3.8, 4) is 5.75 Å². The molecule has 0 fully saturated rings. The molecule has 2 N–H and O–H groups in total. The quantitative estimate of drug-likeness (QED) is 0.478.